The molecule has 0 saturated carbocycles. The van der Waals surface area contributed by atoms with Crippen LogP contribution in [0.15, 0.2) is 170 Å². The average Bonchev–Trinajstić information content (AvgIpc) is 3.70. The molecule has 2 aliphatic rings. The summed E-state index contributed by atoms with van der Waals surface area (Å²) in [5, 5.41) is 5.33. The summed E-state index contributed by atoms with van der Waals surface area (Å²) in [4.78, 5) is 2.45. The van der Waals surface area contributed by atoms with E-state index in [1.54, 1.807) is 0 Å². The Morgan fingerprint density at radius 2 is 1.12 bits per heavy atom. The number of hydrogen-bond acceptors (Lipinski definition) is 2. The fraction of sp³-hybridized carbons (Fsp3) is 0.0612. The van der Waals surface area contributed by atoms with Crippen LogP contribution in [0.2, 0.25) is 0 Å². The van der Waals surface area contributed by atoms with Gasteiger partial charge in [0.15, 0.2) is 0 Å². The monoisotopic (exact) mass is 667 g/mol. The van der Waals surface area contributed by atoms with Crippen LogP contribution in [-0.4, -0.2) is 0 Å². The molecule has 8 aromatic carbocycles. The molecular formula is C49H33NS. The minimum atomic E-state index is -0.463. The van der Waals surface area contributed by atoms with Crippen molar-refractivity contribution in [2.24, 2.45) is 0 Å². The fourth-order valence-corrected chi connectivity index (χ4v) is 10.5. The van der Waals surface area contributed by atoms with E-state index in [2.05, 4.69) is 182 Å². The van der Waals surface area contributed by atoms with E-state index in [0.29, 0.717) is 0 Å². The van der Waals surface area contributed by atoms with Gasteiger partial charge in [-0.15, -0.1) is 11.3 Å². The Kier molecular flexibility index (Phi) is 6.09. The molecule has 0 N–H and O–H groups in total. The Balaban J connectivity index is 1.24. The lowest BCUT2D eigenvalue weighted by molar-refractivity contribution is 0.759. The molecule has 2 aliphatic carbocycles. The Bertz CT molecular complexity index is 2860. The molecule has 1 nitrogen and oxygen atoms in total. The largest absolute Gasteiger partial charge is 0.310 e. The van der Waals surface area contributed by atoms with E-state index in [1.165, 1.54) is 81.0 Å². The Morgan fingerprint density at radius 3 is 1.94 bits per heavy atom. The molecular weight excluding hydrogens is 635 g/mol. The lowest BCUT2D eigenvalue weighted by atomic mass is 9.60. The highest BCUT2D eigenvalue weighted by molar-refractivity contribution is 7.25. The van der Waals surface area contributed by atoms with Gasteiger partial charge in [0.1, 0.15) is 0 Å². The van der Waals surface area contributed by atoms with Crippen LogP contribution in [0.4, 0.5) is 17.1 Å². The van der Waals surface area contributed by atoms with Crippen molar-refractivity contribution in [3.05, 3.63) is 198 Å². The maximum atomic E-state index is 2.51. The van der Waals surface area contributed by atoms with Gasteiger partial charge in [0.2, 0.25) is 0 Å². The van der Waals surface area contributed by atoms with E-state index in [-0.39, 0.29) is 0 Å². The number of benzene rings is 8. The Morgan fingerprint density at radius 1 is 0.471 bits per heavy atom. The van der Waals surface area contributed by atoms with Crippen LogP contribution < -0.4 is 4.90 Å². The van der Waals surface area contributed by atoms with Crippen LogP contribution in [-0.2, 0) is 11.8 Å². The van der Waals surface area contributed by atoms with E-state index in [4.69, 9.17) is 0 Å². The third-order valence-electron chi connectivity index (χ3n) is 11.4. The predicted molar refractivity (Wildman–Crippen MR) is 217 cm³/mol. The summed E-state index contributed by atoms with van der Waals surface area (Å²) in [6.07, 6.45) is 0.964. The molecule has 0 saturated heterocycles. The zero-order chi connectivity index (χ0) is 33.7. The van der Waals surface area contributed by atoms with Crippen molar-refractivity contribution in [1.29, 1.82) is 0 Å². The van der Waals surface area contributed by atoms with Gasteiger partial charge in [-0.1, -0.05) is 134 Å². The van der Waals surface area contributed by atoms with Gasteiger partial charge in [0.05, 0.1) is 5.41 Å². The van der Waals surface area contributed by atoms with Gasteiger partial charge in [-0.3, -0.25) is 0 Å². The number of aryl methyl sites for hydroxylation is 1. The highest BCUT2D eigenvalue weighted by Gasteiger charge is 2.51. The number of thiophene rings is 1. The normalized spacial score (nSPS) is 15.3. The summed E-state index contributed by atoms with van der Waals surface area (Å²) in [6, 6.07) is 63.8. The van der Waals surface area contributed by atoms with Crippen molar-refractivity contribution in [2.45, 2.75) is 18.8 Å². The summed E-state index contributed by atoms with van der Waals surface area (Å²) in [7, 11) is 0. The second-order valence-corrected chi connectivity index (χ2v) is 15.0. The van der Waals surface area contributed by atoms with Gasteiger partial charge in [-0.25, -0.2) is 0 Å². The maximum Gasteiger partial charge on any atom is 0.0729 e. The average molecular weight is 668 g/mol. The topological polar surface area (TPSA) is 3.24 Å². The molecule has 0 aliphatic heterocycles. The number of nitrogens with zero attached hydrogens (tertiary/aromatic N) is 1. The second-order valence-electron chi connectivity index (χ2n) is 13.9. The quantitative estimate of drug-likeness (QED) is 0.181. The fourth-order valence-electron chi connectivity index (χ4n) is 9.39. The standard InChI is InChI=1S/C49H33NS/c1-2-31-23-24-32-13-12-19-41-37-17-7-10-21-43(37)49(48(31)47(32)41)42-20-9-6-16-36(42)38-27-25-34(29-44(38)49)50(33-14-4-3-5-15-33)35-26-28-40-39-18-8-11-22-45(39)51-46(40)30-35/h3-30H,2H2,1H3. The zero-order valence-corrected chi connectivity index (χ0v) is 29.0. The molecule has 2 heteroatoms. The first-order valence-corrected chi connectivity index (χ1v) is 18.7. The maximum absolute atomic E-state index is 2.51. The minimum absolute atomic E-state index is 0.463. The molecule has 240 valence electrons. The molecule has 1 aromatic heterocycles. The van der Waals surface area contributed by atoms with Crippen LogP contribution in [0.1, 0.15) is 34.7 Å². The molecule has 9 aromatic rings. The highest BCUT2D eigenvalue weighted by atomic mass is 32.1. The smallest absolute Gasteiger partial charge is 0.0729 e. The van der Waals surface area contributed by atoms with E-state index in [1.807, 2.05) is 11.3 Å². The number of para-hydroxylation sites is 1. The lowest BCUT2D eigenvalue weighted by Crippen LogP contribution is -2.33. The van der Waals surface area contributed by atoms with Crippen molar-refractivity contribution in [2.75, 3.05) is 4.90 Å². The van der Waals surface area contributed by atoms with Gasteiger partial charge in [-0.2, -0.15) is 0 Å². The van der Waals surface area contributed by atoms with E-state index >= 15 is 0 Å². The van der Waals surface area contributed by atoms with Gasteiger partial charge in [-0.05, 0) is 110 Å². The highest BCUT2D eigenvalue weighted by Crippen LogP contribution is 2.63. The van der Waals surface area contributed by atoms with Crippen molar-refractivity contribution >= 4 is 59.3 Å². The van der Waals surface area contributed by atoms with E-state index in [0.717, 1.165) is 23.5 Å². The molecule has 1 heterocycles. The summed E-state index contributed by atoms with van der Waals surface area (Å²) in [5.74, 6) is 0. The van der Waals surface area contributed by atoms with E-state index < -0.39 is 5.41 Å². The Hall–Kier alpha value is -5.96. The Labute approximate surface area is 301 Å². The lowest BCUT2D eigenvalue weighted by Gasteiger charge is -2.41. The third kappa shape index (κ3) is 3.86. The molecule has 0 fully saturated rings. The molecule has 51 heavy (non-hydrogen) atoms. The van der Waals surface area contributed by atoms with Crippen LogP contribution in [0.3, 0.4) is 0 Å². The van der Waals surface area contributed by atoms with Crippen LogP contribution in [0.5, 0.6) is 0 Å². The van der Waals surface area contributed by atoms with Gasteiger partial charge in [0.25, 0.3) is 0 Å². The molecule has 1 unspecified atom stereocenters. The van der Waals surface area contributed by atoms with Crippen LogP contribution in [0, 0.1) is 0 Å². The van der Waals surface area contributed by atoms with Crippen molar-refractivity contribution < 1.29 is 0 Å². The summed E-state index contributed by atoms with van der Waals surface area (Å²) < 4.78 is 2.63. The van der Waals surface area contributed by atoms with Crippen molar-refractivity contribution in [3.63, 3.8) is 0 Å². The number of anilines is 3. The predicted octanol–water partition coefficient (Wildman–Crippen LogP) is 13.6. The molecule has 0 radical (unpaired) electrons. The third-order valence-corrected chi connectivity index (χ3v) is 12.6. The molecule has 11 rings (SSSR count). The van der Waals surface area contributed by atoms with E-state index in [9.17, 15) is 0 Å². The molecule has 0 bridgehead atoms. The first kappa shape index (κ1) is 28.8. The first-order valence-electron chi connectivity index (χ1n) is 17.9. The second kappa shape index (κ2) is 10.8. The summed E-state index contributed by atoms with van der Waals surface area (Å²) in [6.45, 7) is 2.31. The first-order chi connectivity index (χ1) is 25.3. The van der Waals surface area contributed by atoms with Gasteiger partial charge >= 0.3 is 0 Å². The van der Waals surface area contributed by atoms with Gasteiger partial charge < -0.3 is 4.90 Å². The summed E-state index contributed by atoms with van der Waals surface area (Å²) >= 11 is 1.87. The SMILES string of the molecule is CCc1ccc2cccc3c2c1C1(c2ccccc2-c2ccc(N(c4ccccc4)c4ccc5c(c4)sc4ccccc45)cc21)c1ccccc1-3. The van der Waals surface area contributed by atoms with Crippen LogP contribution in [0.25, 0.3) is 53.2 Å². The number of rotatable bonds is 4. The minimum Gasteiger partial charge on any atom is -0.310 e. The number of fused-ring (bicyclic) bond motifs is 12. The molecule has 1 atom stereocenters. The molecule has 0 amide bonds. The van der Waals surface area contributed by atoms with Crippen molar-refractivity contribution in [1.82, 2.24) is 0 Å². The molecule has 1 spiro atoms. The number of hydrogen-bond donors (Lipinski definition) is 0. The summed E-state index contributed by atoms with van der Waals surface area (Å²) in [5.41, 5.74) is 15.3. The van der Waals surface area contributed by atoms with Crippen molar-refractivity contribution in [3.8, 4) is 22.3 Å². The van der Waals surface area contributed by atoms with Crippen LogP contribution >= 0.6 is 11.3 Å². The van der Waals surface area contributed by atoms with Gasteiger partial charge in [0, 0.05) is 37.2 Å². The zero-order valence-electron chi connectivity index (χ0n) is 28.2.